The standard InChI is InChI=1S/C20H24BrN3O3/c1-14(15-6-7-19(27-2)18(21)12-15)22-20(26)24-10-8-23(9-11-24)16-4-3-5-17(25)13-16/h3-7,12-14,25H,8-11H2,1-2H3,(H,22,26). The third-order valence-corrected chi connectivity index (χ3v) is 5.40. The van der Waals surface area contributed by atoms with Crippen molar-refractivity contribution < 1.29 is 14.6 Å². The maximum Gasteiger partial charge on any atom is 0.317 e. The van der Waals surface area contributed by atoms with E-state index in [9.17, 15) is 9.90 Å². The van der Waals surface area contributed by atoms with Crippen LogP contribution in [-0.4, -0.2) is 49.3 Å². The molecule has 7 heteroatoms. The molecule has 0 saturated carbocycles. The number of nitrogens with zero attached hydrogens (tertiary/aromatic N) is 2. The van der Waals surface area contributed by atoms with Gasteiger partial charge < -0.3 is 25.0 Å². The Morgan fingerprint density at radius 2 is 1.93 bits per heavy atom. The van der Waals surface area contributed by atoms with Crippen molar-refractivity contribution in [1.29, 1.82) is 0 Å². The van der Waals surface area contributed by atoms with Crippen molar-refractivity contribution in [2.24, 2.45) is 0 Å². The highest BCUT2D eigenvalue weighted by Crippen LogP contribution is 2.28. The number of amides is 2. The fourth-order valence-corrected chi connectivity index (χ4v) is 3.73. The number of ether oxygens (including phenoxy) is 1. The smallest absolute Gasteiger partial charge is 0.317 e. The molecule has 3 rings (SSSR count). The lowest BCUT2D eigenvalue weighted by molar-refractivity contribution is 0.191. The summed E-state index contributed by atoms with van der Waals surface area (Å²) < 4.78 is 6.11. The molecular formula is C20H24BrN3O3. The van der Waals surface area contributed by atoms with Crippen molar-refractivity contribution in [3.63, 3.8) is 0 Å². The zero-order valence-electron chi connectivity index (χ0n) is 15.5. The van der Waals surface area contributed by atoms with Gasteiger partial charge >= 0.3 is 6.03 Å². The molecular weight excluding hydrogens is 410 g/mol. The average Bonchev–Trinajstić information content (AvgIpc) is 2.68. The number of halogens is 1. The summed E-state index contributed by atoms with van der Waals surface area (Å²) in [5.74, 6) is 1.02. The van der Waals surface area contributed by atoms with Crippen molar-refractivity contribution >= 4 is 27.6 Å². The Morgan fingerprint density at radius 1 is 1.19 bits per heavy atom. The number of anilines is 1. The number of methoxy groups -OCH3 is 1. The summed E-state index contributed by atoms with van der Waals surface area (Å²) in [6.45, 7) is 4.72. The maximum absolute atomic E-state index is 12.6. The second-order valence-corrected chi connectivity index (χ2v) is 7.41. The van der Waals surface area contributed by atoms with E-state index in [1.165, 1.54) is 0 Å². The molecule has 144 valence electrons. The normalized spacial score (nSPS) is 15.4. The lowest BCUT2D eigenvalue weighted by Crippen LogP contribution is -2.52. The fraction of sp³-hybridized carbons (Fsp3) is 0.350. The van der Waals surface area contributed by atoms with Gasteiger partial charge in [-0.3, -0.25) is 0 Å². The van der Waals surface area contributed by atoms with Gasteiger partial charge in [-0.15, -0.1) is 0 Å². The van der Waals surface area contributed by atoms with E-state index in [4.69, 9.17) is 4.74 Å². The van der Waals surface area contributed by atoms with Crippen molar-refractivity contribution in [3.05, 3.63) is 52.5 Å². The van der Waals surface area contributed by atoms with Gasteiger partial charge in [-0.1, -0.05) is 12.1 Å². The number of hydrogen-bond acceptors (Lipinski definition) is 4. The summed E-state index contributed by atoms with van der Waals surface area (Å²) in [4.78, 5) is 16.6. The number of phenolic OH excluding ortho intramolecular Hbond substituents is 1. The fourth-order valence-electron chi connectivity index (χ4n) is 3.17. The van der Waals surface area contributed by atoms with Gasteiger partial charge in [0.2, 0.25) is 0 Å². The van der Waals surface area contributed by atoms with Crippen LogP contribution in [0.2, 0.25) is 0 Å². The first kappa shape index (κ1) is 19.4. The van der Waals surface area contributed by atoms with E-state index in [1.54, 1.807) is 19.2 Å². The lowest BCUT2D eigenvalue weighted by atomic mass is 10.1. The molecule has 0 aromatic heterocycles. The van der Waals surface area contributed by atoms with Gasteiger partial charge in [-0.25, -0.2) is 4.79 Å². The molecule has 1 heterocycles. The molecule has 1 aliphatic heterocycles. The molecule has 2 aromatic carbocycles. The summed E-state index contributed by atoms with van der Waals surface area (Å²) in [6, 6.07) is 12.8. The number of benzene rings is 2. The van der Waals surface area contributed by atoms with Crippen LogP contribution in [0, 0.1) is 0 Å². The molecule has 1 saturated heterocycles. The van der Waals surface area contributed by atoms with Crippen molar-refractivity contribution in [1.82, 2.24) is 10.2 Å². The molecule has 1 atom stereocenters. The number of carbonyl (C=O) groups excluding carboxylic acids is 1. The highest BCUT2D eigenvalue weighted by molar-refractivity contribution is 9.10. The minimum Gasteiger partial charge on any atom is -0.508 e. The highest BCUT2D eigenvalue weighted by atomic mass is 79.9. The van der Waals surface area contributed by atoms with Crippen LogP contribution in [0.4, 0.5) is 10.5 Å². The summed E-state index contributed by atoms with van der Waals surface area (Å²) in [5.41, 5.74) is 1.99. The van der Waals surface area contributed by atoms with Crippen LogP contribution in [0.5, 0.6) is 11.5 Å². The van der Waals surface area contributed by atoms with Crippen LogP contribution in [0.1, 0.15) is 18.5 Å². The Kier molecular flexibility index (Phi) is 6.11. The average molecular weight is 434 g/mol. The van der Waals surface area contributed by atoms with Crippen molar-refractivity contribution in [3.8, 4) is 11.5 Å². The number of urea groups is 1. The monoisotopic (exact) mass is 433 g/mol. The van der Waals surface area contributed by atoms with Crippen LogP contribution in [0.25, 0.3) is 0 Å². The molecule has 27 heavy (non-hydrogen) atoms. The molecule has 2 N–H and O–H groups in total. The first-order valence-corrected chi connectivity index (χ1v) is 9.70. The van der Waals surface area contributed by atoms with Gasteiger partial charge in [0.25, 0.3) is 0 Å². The van der Waals surface area contributed by atoms with E-state index in [1.807, 2.05) is 42.2 Å². The predicted octanol–water partition coefficient (Wildman–Crippen LogP) is 3.76. The molecule has 6 nitrogen and oxygen atoms in total. The number of phenols is 1. The highest BCUT2D eigenvalue weighted by Gasteiger charge is 2.23. The molecule has 1 aliphatic rings. The zero-order valence-corrected chi connectivity index (χ0v) is 17.1. The molecule has 0 bridgehead atoms. The SMILES string of the molecule is COc1ccc(C(C)NC(=O)N2CCN(c3cccc(O)c3)CC2)cc1Br. The third-order valence-electron chi connectivity index (χ3n) is 4.78. The van der Waals surface area contributed by atoms with E-state index in [0.29, 0.717) is 13.1 Å². The summed E-state index contributed by atoms with van der Waals surface area (Å²) >= 11 is 3.48. The Labute approximate surface area is 167 Å². The Morgan fingerprint density at radius 3 is 2.56 bits per heavy atom. The van der Waals surface area contributed by atoms with E-state index in [2.05, 4.69) is 26.1 Å². The Hall–Kier alpha value is -2.41. The van der Waals surface area contributed by atoms with Crippen LogP contribution in [0.3, 0.4) is 0 Å². The quantitative estimate of drug-likeness (QED) is 0.770. The second-order valence-electron chi connectivity index (χ2n) is 6.56. The number of rotatable bonds is 4. The van der Waals surface area contributed by atoms with Crippen molar-refractivity contribution in [2.45, 2.75) is 13.0 Å². The lowest BCUT2D eigenvalue weighted by Gasteiger charge is -2.36. The third kappa shape index (κ3) is 4.66. The maximum atomic E-state index is 12.6. The van der Waals surface area contributed by atoms with E-state index >= 15 is 0 Å². The summed E-state index contributed by atoms with van der Waals surface area (Å²) in [5, 5.41) is 12.7. The van der Waals surface area contributed by atoms with Gasteiger partial charge in [-0.05, 0) is 52.7 Å². The molecule has 1 unspecified atom stereocenters. The van der Waals surface area contributed by atoms with E-state index in [0.717, 1.165) is 34.6 Å². The van der Waals surface area contributed by atoms with Crippen LogP contribution >= 0.6 is 15.9 Å². The molecule has 2 amide bonds. The van der Waals surface area contributed by atoms with Gasteiger partial charge in [0, 0.05) is 37.9 Å². The molecule has 0 aliphatic carbocycles. The molecule has 2 aromatic rings. The largest absolute Gasteiger partial charge is 0.508 e. The Bertz CT molecular complexity index is 807. The number of aromatic hydroxyl groups is 1. The second kappa shape index (κ2) is 8.52. The first-order valence-electron chi connectivity index (χ1n) is 8.91. The number of carbonyl (C=O) groups is 1. The van der Waals surface area contributed by atoms with Gasteiger partial charge in [0.15, 0.2) is 0 Å². The first-order chi connectivity index (χ1) is 13.0. The zero-order chi connectivity index (χ0) is 19.4. The molecule has 0 spiro atoms. The topological polar surface area (TPSA) is 65.0 Å². The number of hydrogen-bond donors (Lipinski definition) is 2. The summed E-state index contributed by atoms with van der Waals surface area (Å²) in [6.07, 6.45) is 0. The van der Waals surface area contributed by atoms with E-state index in [-0.39, 0.29) is 17.8 Å². The molecule has 1 fully saturated rings. The van der Waals surface area contributed by atoms with Crippen LogP contribution < -0.4 is 15.0 Å². The minimum absolute atomic E-state index is 0.0648. The summed E-state index contributed by atoms with van der Waals surface area (Å²) in [7, 11) is 1.63. The van der Waals surface area contributed by atoms with Gasteiger partial charge in [-0.2, -0.15) is 0 Å². The van der Waals surface area contributed by atoms with Crippen LogP contribution in [-0.2, 0) is 0 Å². The number of nitrogens with one attached hydrogen (secondary N) is 1. The minimum atomic E-state index is -0.108. The molecule has 0 radical (unpaired) electrons. The predicted molar refractivity (Wildman–Crippen MR) is 110 cm³/mol. The number of piperazine rings is 1. The Balaban J connectivity index is 1.55. The van der Waals surface area contributed by atoms with Crippen LogP contribution in [0.15, 0.2) is 46.9 Å². The van der Waals surface area contributed by atoms with Crippen molar-refractivity contribution in [2.75, 3.05) is 38.2 Å². The van der Waals surface area contributed by atoms with E-state index < -0.39 is 0 Å². The van der Waals surface area contributed by atoms with Gasteiger partial charge in [0.1, 0.15) is 11.5 Å². The van der Waals surface area contributed by atoms with Gasteiger partial charge in [0.05, 0.1) is 17.6 Å².